The second-order valence-electron chi connectivity index (χ2n) is 5.44. The molecule has 0 aliphatic carbocycles. The number of alkyl halides is 3. The zero-order valence-corrected chi connectivity index (χ0v) is 11.8. The van der Waals surface area contributed by atoms with Crippen molar-refractivity contribution in [1.82, 2.24) is 10.3 Å². The number of anilines is 2. The van der Waals surface area contributed by atoms with Gasteiger partial charge >= 0.3 is 6.18 Å². The number of nitrogen functional groups attached to an aromatic ring is 1. The smallest absolute Gasteiger partial charge is 0.396 e. The van der Waals surface area contributed by atoms with Gasteiger partial charge in [0, 0.05) is 20.1 Å². The summed E-state index contributed by atoms with van der Waals surface area (Å²) < 4.78 is 38.2. The standard InChI is InChI=1S/C13H17F3N4O/c1-12(11(21)18-2)3-4-20(7-12)9-5-10(13(14,15)16)19-6-8(9)17/h5-6H,3-4,7,17H2,1-2H3,(H,18,21). The molecule has 0 spiro atoms. The summed E-state index contributed by atoms with van der Waals surface area (Å²) in [6.07, 6.45) is -2.96. The summed E-state index contributed by atoms with van der Waals surface area (Å²) >= 11 is 0. The number of aromatic nitrogens is 1. The zero-order chi connectivity index (χ0) is 15.8. The molecule has 3 N–H and O–H groups in total. The summed E-state index contributed by atoms with van der Waals surface area (Å²) in [5, 5.41) is 2.58. The van der Waals surface area contributed by atoms with Crippen LogP contribution in [0.2, 0.25) is 0 Å². The molecular weight excluding hydrogens is 285 g/mol. The highest BCUT2D eigenvalue weighted by molar-refractivity contribution is 5.84. The van der Waals surface area contributed by atoms with Crippen molar-refractivity contribution >= 4 is 17.3 Å². The van der Waals surface area contributed by atoms with E-state index in [1.165, 1.54) is 0 Å². The van der Waals surface area contributed by atoms with Crippen molar-refractivity contribution in [3.63, 3.8) is 0 Å². The number of halogens is 3. The van der Waals surface area contributed by atoms with E-state index in [1.807, 2.05) is 0 Å². The lowest BCUT2D eigenvalue weighted by molar-refractivity contribution is -0.141. The number of nitrogens with two attached hydrogens (primary N) is 1. The first-order valence-corrected chi connectivity index (χ1v) is 6.47. The van der Waals surface area contributed by atoms with E-state index in [2.05, 4.69) is 10.3 Å². The molecule has 0 aromatic carbocycles. The molecule has 0 saturated carbocycles. The van der Waals surface area contributed by atoms with Crippen molar-refractivity contribution in [1.29, 1.82) is 0 Å². The Morgan fingerprint density at radius 2 is 2.19 bits per heavy atom. The molecular formula is C13H17F3N4O. The maximum absolute atomic E-state index is 12.7. The minimum Gasteiger partial charge on any atom is -0.396 e. The number of nitrogens with zero attached hydrogens (tertiary/aromatic N) is 2. The Morgan fingerprint density at radius 3 is 2.76 bits per heavy atom. The van der Waals surface area contributed by atoms with Gasteiger partial charge in [-0.3, -0.25) is 4.79 Å². The van der Waals surface area contributed by atoms with E-state index in [-0.39, 0.29) is 17.3 Å². The van der Waals surface area contributed by atoms with E-state index in [0.717, 1.165) is 12.3 Å². The predicted octanol–water partition coefficient (Wildman–Crippen LogP) is 1.64. The molecule has 0 bridgehead atoms. The van der Waals surface area contributed by atoms with Crippen LogP contribution in [-0.2, 0) is 11.0 Å². The van der Waals surface area contributed by atoms with Crippen molar-refractivity contribution in [3.05, 3.63) is 18.0 Å². The number of nitrogens with one attached hydrogen (secondary N) is 1. The van der Waals surface area contributed by atoms with E-state index in [0.29, 0.717) is 19.5 Å². The number of hydrogen-bond donors (Lipinski definition) is 2. The van der Waals surface area contributed by atoms with Gasteiger partial charge < -0.3 is 16.0 Å². The first-order valence-electron chi connectivity index (χ1n) is 6.47. The zero-order valence-electron chi connectivity index (χ0n) is 11.8. The van der Waals surface area contributed by atoms with Crippen molar-refractivity contribution in [3.8, 4) is 0 Å². The van der Waals surface area contributed by atoms with Crippen LogP contribution in [-0.4, -0.2) is 31.0 Å². The average Bonchev–Trinajstić information content (AvgIpc) is 2.80. The van der Waals surface area contributed by atoms with Crippen LogP contribution in [0.3, 0.4) is 0 Å². The Bertz CT molecular complexity index is 561. The van der Waals surface area contributed by atoms with E-state index >= 15 is 0 Å². The summed E-state index contributed by atoms with van der Waals surface area (Å²) in [5.74, 6) is -0.131. The fourth-order valence-electron chi connectivity index (χ4n) is 2.54. The minimum atomic E-state index is -4.52. The van der Waals surface area contributed by atoms with Gasteiger partial charge in [-0.1, -0.05) is 0 Å². The Kier molecular flexibility index (Phi) is 3.73. The number of carbonyl (C=O) groups excluding carboxylic acids is 1. The lowest BCUT2D eigenvalue weighted by Gasteiger charge is -2.25. The quantitative estimate of drug-likeness (QED) is 0.871. The van der Waals surface area contributed by atoms with Crippen LogP contribution in [0.5, 0.6) is 0 Å². The van der Waals surface area contributed by atoms with Gasteiger partial charge in [-0.25, -0.2) is 4.98 Å². The van der Waals surface area contributed by atoms with Crippen molar-refractivity contribution in [2.75, 3.05) is 30.8 Å². The van der Waals surface area contributed by atoms with Crippen LogP contribution in [0.15, 0.2) is 12.3 Å². The van der Waals surface area contributed by atoms with E-state index < -0.39 is 17.3 Å². The van der Waals surface area contributed by atoms with Gasteiger partial charge in [0.15, 0.2) is 0 Å². The Balaban J connectivity index is 2.30. The van der Waals surface area contributed by atoms with Gasteiger partial charge in [-0.2, -0.15) is 13.2 Å². The third kappa shape index (κ3) is 2.88. The van der Waals surface area contributed by atoms with Crippen LogP contribution < -0.4 is 16.0 Å². The minimum absolute atomic E-state index is 0.131. The molecule has 1 amide bonds. The Morgan fingerprint density at radius 1 is 1.52 bits per heavy atom. The third-order valence-corrected chi connectivity index (χ3v) is 3.79. The first kappa shape index (κ1) is 15.4. The molecule has 1 fully saturated rings. The summed E-state index contributed by atoms with van der Waals surface area (Å²) in [7, 11) is 1.54. The first-order chi connectivity index (χ1) is 9.67. The van der Waals surface area contributed by atoms with Crippen LogP contribution in [0, 0.1) is 5.41 Å². The molecule has 5 nitrogen and oxygen atoms in total. The van der Waals surface area contributed by atoms with Crippen molar-refractivity contribution in [2.45, 2.75) is 19.5 Å². The van der Waals surface area contributed by atoms with Gasteiger partial charge in [0.2, 0.25) is 5.91 Å². The second kappa shape index (κ2) is 5.09. The van der Waals surface area contributed by atoms with E-state index in [1.54, 1.807) is 18.9 Å². The largest absolute Gasteiger partial charge is 0.433 e. The predicted molar refractivity (Wildman–Crippen MR) is 72.7 cm³/mol. The van der Waals surface area contributed by atoms with Crippen LogP contribution in [0.1, 0.15) is 19.0 Å². The SMILES string of the molecule is CNC(=O)C1(C)CCN(c2cc(C(F)(F)F)ncc2N)C1. The molecule has 1 unspecified atom stereocenters. The van der Waals surface area contributed by atoms with Crippen molar-refractivity contribution < 1.29 is 18.0 Å². The monoisotopic (exact) mass is 302 g/mol. The molecule has 0 radical (unpaired) electrons. The molecule has 21 heavy (non-hydrogen) atoms. The van der Waals surface area contributed by atoms with Crippen molar-refractivity contribution in [2.24, 2.45) is 5.41 Å². The summed E-state index contributed by atoms with van der Waals surface area (Å²) in [6, 6.07) is 0.935. The summed E-state index contributed by atoms with van der Waals surface area (Å²) in [6.45, 7) is 2.57. The molecule has 1 atom stereocenters. The fraction of sp³-hybridized carbons (Fsp3) is 0.538. The van der Waals surface area contributed by atoms with Crippen LogP contribution in [0.25, 0.3) is 0 Å². The van der Waals surface area contributed by atoms with E-state index in [9.17, 15) is 18.0 Å². The number of hydrogen-bond acceptors (Lipinski definition) is 4. The van der Waals surface area contributed by atoms with Gasteiger partial charge in [-0.15, -0.1) is 0 Å². The molecule has 2 rings (SSSR count). The molecule has 1 saturated heterocycles. The highest BCUT2D eigenvalue weighted by atomic mass is 19.4. The number of pyridine rings is 1. The highest BCUT2D eigenvalue weighted by Gasteiger charge is 2.41. The Hall–Kier alpha value is -1.99. The Labute approximate surface area is 120 Å². The molecule has 1 aliphatic heterocycles. The fourth-order valence-corrected chi connectivity index (χ4v) is 2.54. The van der Waals surface area contributed by atoms with Gasteiger partial charge in [0.1, 0.15) is 5.69 Å². The second-order valence-corrected chi connectivity index (χ2v) is 5.44. The lowest BCUT2D eigenvalue weighted by Crippen LogP contribution is -2.39. The maximum atomic E-state index is 12.7. The molecule has 116 valence electrons. The number of rotatable bonds is 2. The normalized spacial score (nSPS) is 22.4. The number of amides is 1. The highest BCUT2D eigenvalue weighted by Crippen LogP contribution is 2.38. The van der Waals surface area contributed by atoms with Crippen LogP contribution >= 0.6 is 0 Å². The summed E-state index contributed by atoms with van der Waals surface area (Å²) in [4.78, 5) is 16.9. The van der Waals surface area contributed by atoms with Gasteiger partial charge in [0.25, 0.3) is 0 Å². The molecule has 1 aliphatic rings. The molecule has 2 heterocycles. The maximum Gasteiger partial charge on any atom is 0.433 e. The molecule has 1 aromatic heterocycles. The topological polar surface area (TPSA) is 71.2 Å². The number of carbonyl (C=O) groups is 1. The average molecular weight is 302 g/mol. The third-order valence-electron chi connectivity index (χ3n) is 3.79. The molecule has 1 aromatic rings. The van der Waals surface area contributed by atoms with E-state index in [4.69, 9.17) is 5.73 Å². The van der Waals surface area contributed by atoms with Gasteiger partial charge in [0.05, 0.1) is 23.0 Å². The van der Waals surface area contributed by atoms with Gasteiger partial charge in [-0.05, 0) is 19.4 Å². The molecule has 8 heteroatoms. The lowest BCUT2D eigenvalue weighted by atomic mass is 9.89. The summed E-state index contributed by atoms with van der Waals surface area (Å²) in [5.41, 5.74) is 4.55. The van der Waals surface area contributed by atoms with Crippen LogP contribution in [0.4, 0.5) is 24.5 Å².